The molecule has 1 amide bonds. The molecule has 1 atom stereocenters. The lowest BCUT2D eigenvalue weighted by atomic mass is 10.00. The summed E-state index contributed by atoms with van der Waals surface area (Å²) in [7, 11) is 0. The van der Waals surface area contributed by atoms with E-state index in [0.29, 0.717) is 12.2 Å². The summed E-state index contributed by atoms with van der Waals surface area (Å²) in [5, 5.41) is 16.0. The van der Waals surface area contributed by atoms with E-state index in [9.17, 15) is 4.79 Å². The molecule has 2 heterocycles. The summed E-state index contributed by atoms with van der Waals surface area (Å²) in [4.78, 5) is 11.4. The Morgan fingerprint density at radius 3 is 3.08 bits per heavy atom. The molecular weight excluding hydrogens is 170 g/mol. The fraction of sp³-hybridized carbons (Fsp3) is 0.429. The fourth-order valence-corrected chi connectivity index (χ4v) is 1.27. The molecule has 2 N–H and O–H groups in total. The molecule has 0 radical (unpaired) electrons. The summed E-state index contributed by atoms with van der Waals surface area (Å²) in [6, 6.07) is 0. The highest BCUT2D eigenvalue weighted by molar-refractivity contribution is 5.85. The monoisotopic (exact) mass is 179 g/mol. The highest BCUT2D eigenvalue weighted by Gasteiger charge is 2.26. The van der Waals surface area contributed by atoms with Crippen LogP contribution in [0.15, 0.2) is 11.8 Å². The molecule has 0 bridgehead atoms. The van der Waals surface area contributed by atoms with Gasteiger partial charge in [0.15, 0.2) is 5.82 Å². The Kier molecular flexibility index (Phi) is 1.80. The van der Waals surface area contributed by atoms with E-state index in [0.717, 1.165) is 5.70 Å². The van der Waals surface area contributed by atoms with E-state index in [1.54, 1.807) is 0 Å². The Morgan fingerprint density at radius 1 is 1.62 bits per heavy atom. The van der Waals surface area contributed by atoms with Crippen LogP contribution in [-0.2, 0) is 4.79 Å². The van der Waals surface area contributed by atoms with Crippen molar-refractivity contribution >= 4 is 5.91 Å². The number of hydrogen-bond acceptors (Lipinski definition) is 4. The molecule has 13 heavy (non-hydrogen) atoms. The number of carbonyl (C=O) groups is 1. The number of hydrogen-bond donors (Lipinski definition) is 2. The molecule has 1 aromatic heterocycles. The van der Waals surface area contributed by atoms with Gasteiger partial charge in [0.05, 0.1) is 0 Å². The minimum absolute atomic E-state index is 0.0681. The zero-order chi connectivity index (χ0) is 9.26. The normalized spacial score (nSPS) is 22.4. The van der Waals surface area contributed by atoms with Crippen molar-refractivity contribution in [1.82, 2.24) is 25.9 Å². The summed E-state index contributed by atoms with van der Waals surface area (Å²) in [6.45, 7) is 1.85. The van der Waals surface area contributed by atoms with Crippen LogP contribution >= 0.6 is 0 Å². The van der Waals surface area contributed by atoms with Gasteiger partial charge in [-0.25, -0.2) is 0 Å². The van der Waals surface area contributed by atoms with Crippen molar-refractivity contribution in [2.75, 3.05) is 0 Å². The van der Waals surface area contributed by atoms with Gasteiger partial charge >= 0.3 is 0 Å². The quantitative estimate of drug-likeness (QED) is 0.620. The van der Waals surface area contributed by atoms with Crippen molar-refractivity contribution in [3.05, 3.63) is 17.6 Å². The first-order valence-corrected chi connectivity index (χ1v) is 3.98. The second-order valence-electron chi connectivity index (χ2n) is 2.93. The van der Waals surface area contributed by atoms with Gasteiger partial charge in [0.25, 0.3) is 0 Å². The van der Waals surface area contributed by atoms with Gasteiger partial charge in [-0.1, -0.05) is 11.3 Å². The highest BCUT2D eigenvalue weighted by atomic mass is 16.2. The number of tetrazole rings is 1. The molecular formula is C7H9N5O. The number of nitrogens with one attached hydrogen (secondary N) is 2. The lowest BCUT2D eigenvalue weighted by Gasteiger charge is -2.17. The van der Waals surface area contributed by atoms with Crippen molar-refractivity contribution in [1.29, 1.82) is 0 Å². The van der Waals surface area contributed by atoms with Crippen molar-refractivity contribution < 1.29 is 4.79 Å². The van der Waals surface area contributed by atoms with Crippen LogP contribution in [0.3, 0.4) is 0 Å². The van der Waals surface area contributed by atoms with E-state index < -0.39 is 0 Å². The van der Waals surface area contributed by atoms with Gasteiger partial charge in [0, 0.05) is 5.70 Å². The number of allylic oxidation sites excluding steroid dienone is 2. The van der Waals surface area contributed by atoms with Crippen molar-refractivity contribution in [2.24, 2.45) is 0 Å². The summed E-state index contributed by atoms with van der Waals surface area (Å²) in [5.41, 5.74) is 0.879. The molecule has 0 spiro atoms. The third-order valence-electron chi connectivity index (χ3n) is 1.97. The van der Waals surface area contributed by atoms with Crippen molar-refractivity contribution in [3.63, 3.8) is 0 Å². The number of carbonyl (C=O) groups excluding carboxylic acids is 1. The first-order valence-electron chi connectivity index (χ1n) is 3.98. The number of H-pyrrole nitrogens is 1. The van der Waals surface area contributed by atoms with Gasteiger partial charge < -0.3 is 5.32 Å². The van der Waals surface area contributed by atoms with Crippen LogP contribution < -0.4 is 5.32 Å². The van der Waals surface area contributed by atoms with E-state index in [4.69, 9.17) is 0 Å². The lowest BCUT2D eigenvalue weighted by Crippen LogP contribution is -2.31. The molecule has 0 aliphatic carbocycles. The van der Waals surface area contributed by atoms with Crippen LogP contribution in [0.2, 0.25) is 0 Å². The Bertz CT molecular complexity index is 342. The molecule has 6 heteroatoms. The summed E-state index contributed by atoms with van der Waals surface area (Å²) in [5.74, 6) is 0.0742. The van der Waals surface area contributed by atoms with Crippen LogP contribution in [0, 0.1) is 0 Å². The first kappa shape index (κ1) is 7.90. The molecule has 0 saturated carbocycles. The van der Waals surface area contributed by atoms with E-state index in [1.165, 1.54) is 0 Å². The Hall–Kier alpha value is -1.72. The Morgan fingerprint density at radius 2 is 2.46 bits per heavy atom. The number of rotatable bonds is 1. The predicted octanol–water partition coefficient (Wildman–Crippen LogP) is -0.293. The average Bonchev–Trinajstić information content (AvgIpc) is 2.56. The molecule has 1 aromatic rings. The highest BCUT2D eigenvalue weighted by Crippen LogP contribution is 2.20. The zero-order valence-electron chi connectivity index (χ0n) is 7.11. The summed E-state index contributed by atoms with van der Waals surface area (Å²) in [6.07, 6.45) is 2.58. The van der Waals surface area contributed by atoms with E-state index in [2.05, 4.69) is 25.9 Å². The largest absolute Gasteiger partial charge is 0.330 e. The Balaban J connectivity index is 2.23. The van der Waals surface area contributed by atoms with Gasteiger partial charge in [0.2, 0.25) is 5.91 Å². The topological polar surface area (TPSA) is 83.6 Å². The van der Waals surface area contributed by atoms with Crippen LogP contribution in [0.25, 0.3) is 0 Å². The van der Waals surface area contributed by atoms with Gasteiger partial charge in [-0.05, 0) is 13.3 Å². The van der Waals surface area contributed by atoms with Gasteiger partial charge in [-0.3, -0.25) is 4.79 Å². The molecule has 0 fully saturated rings. The molecule has 1 unspecified atom stereocenters. The van der Waals surface area contributed by atoms with Crippen LogP contribution in [-0.4, -0.2) is 26.5 Å². The predicted molar refractivity (Wildman–Crippen MR) is 43.4 cm³/mol. The molecule has 0 aromatic carbocycles. The van der Waals surface area contributed by atoms with E-state index in [-0.39, 0.29) is 11.8 Å². The van der Waals surface area contributed by atoms with Gasteiger partial charge in [-0.2, -0.15) is 5.21 Å². The number of aromatic amines is 1. The fourth-order valence-electron chi connectivity index (χ4n) is 1.27. The third kappa shape index (κ3) is 1.42. The molecule has 2 rings (SSSR count). The van der Waals surface area contributed by atoms with Crippen LogP contribution in [0.4, 0.5) is 0 Å². The maximum Gasteiger partial charge on any atom is 0.235 e. The standard InChI is InChI=1S/C7H9N5O/c1-4-2-3-5(7(13)8-4)6-9-11-12-10-6/h2,5H,3H2,1H3,(H,8,13)(H,9,10,11,12). The van der Waals surface area contributed by atoms with Crippen LogP contribution in [0.1, 0.15) is 25.1 Å². The van der Waals surface area contributed by atoms with Gasteiger partial charge in [-0.15, -0.1) is 10.2 Å². The molecule has 1 aliphatic heterocycles. The van der Waals surface area contributed by atoms with Crippen molar-refractivity contribution in [2.45, 2.75) is 19.3 Å². The number of nitrogens with zero attached hydrogens (tertiary/aromatic N) is 3. The first-order chi connectivity index (χ1) is 6.27. The maximum absolute atomic E-state index is 11.4. The molecule has 0 saturated heterocycles. The maximum atomic E-state index is 11.4. The molecule has 6 nitrogen and oxygen atoms in total. The minimum Gasteiger partial charge on any atom is -0.330 e. The average molecular weight is 179 g/mol. The minimum atomic E-state index is -0.303. The van der Waals surface area contributed by atoms with E-state index >= 15 is 0 Å². The zero-order valence-corrected chi connectivity index (χ0v) is 7.11. The van der Waals surface area contributed by atoms with Crippen LogP contribution in [0.5, 0.6) is 0 Å². The lowest BCUT2D eigenvalue weighted by molar-refractivity contribution is -0.122. The van der Waals surface area contributed by atoms with E-state index in [1.807, 2.05) is 13.0 Å². The second-order valence-corrected chi connectivity index (χ2v) is 2.93. The Labute approximate surface area is 74.4 Å². The third-order valence-corrected chi connectivity index (χ3v) is 1.97. The SMILES string of the molecule is CC1=CCC(c2nn[nH]n2)C(=O)N1. The smallest absolute Gasteiger partial charge is 0.235 e. The van der Waals surface area contributed by atoms with Gasteiger partial charge in [0.1, 0.15) is 5.92 Å². The number of amides is 1. The second kappa shape index (κ2) is 2.96. The number of aromatic nitrogens is 4. The summed E-state index contributed by atoms with van der Waals surface area (Å²) < 4.78 is 0. The summed E-state index contributed by atoms with van der Waals surface area (Å²) >= 11 is 0. The molecule has 68 valence electrons. The van der Waals surface area contributed by atoms with Crippen molar-refractivity contribution in [3.8, 4) is 0 Å². The molecule has 1 aliphatic rings.